The van der Waals surface area contributed by atoms with Gasteiger partial charge in [-0.05, 0) is 79.8 Å². The summed E-state index contributed by atoms with van der Waals surface area (Å²) in [4.78, 5) is 4.92. The number of benzene rings is 3. The molecular formula is C27H30N2O2. The first-order chi connectivity index (χ1) is 15.1. The molecule has 0 saturated heterocycles. The average Bonchev–Trinajstić information content (AvgIpc) is 3.13. The van der Waals surface area contributed by atoms with Crippen molar-refractivity contribution >= 4 is 11.0 Å². The van der Waals surface area contributed by atoms with E-state index in [9.17, 15) is 0 Å². The van der Waals surface area contributed by atoms with Crippen LogP contribution in [0.2, 0.25) is 0 Å². The molecule has 0 spiro atoms. The summed E-state index contributed by atoms with van der Waals surface area (Å²) in [6.45, 7) is 5.90. The smallest absolute Gasteiger partial charge is 0.119 e. The minimum atomic E-state index is 0.725. The number of hydrogen-bond donors (Lipinski definition) is 0. The van der Waals surface area contributed by atoms with Gasteiger partial charge in [-0.3, -0.25) is 0 Å². The quantitative estimate of drug-likeness (QED) is 0.310. The highest BCUT2D eigenvalue weighted by atomic mass is 16.5. The Morgan fingerprint density at radius 2 is 1.61 bits per heavy atom. The average molecular weight is 415 g/mol. The number of fused-ring (bicyclic) bond motifs is 1. The first kappa shape index (κ1) is 21.0. The van der Waals surface area contributed by atoms with Crippen LogP contribution >= 0.6 is 0 Å². The number of aryl methyl sites for hydroxylation is 3. The van der Waals surface area contributed by atoms with Crippen LogP contribution in [0.4, 0.5) is 0 Å². The van der Waals surface area contributed by atoms with E-state index < -0.39 is 0 Å². The number of unbranched alkanes of at least 4 members (excludes halogenated alkanes) is 1. The van der Waals surface area contributed by atoms with Crippen molar-refractivity contribution in [3.05, 3.63) is 89.2 Å². The van der Waals surface area contributed by atoms with E-state index in [-0.39, 0.29) is 0 Å². The highest BCUT2D eigenvalue weighted by Gasteiger charge is 2.11. The van der Waals surface area contributed by atoms with E-state index >= 15 is 0 Å². The fourth-order valence-corrected chi connectivity index (χ4v) is 3.80. The van der Waals surface area contributed by atoms with Gasteiger partial charge in [-0.1, -0.05) is 30.3 Å². The number of imidazole rings is 1. The van der Waals surface area contributed by atoms with E-state index in [1.807, 2.05) is 18.2 Å². The molecule has 4 aromatic rings. The van der Waals surface area contributed by atoms with Crippen LogP contribution in [0.15, 0.2) is 66.7 Å². The topological polar surface area (TPSA) is 36.3 Å². The monoisotopic (exact) mass is 414 g/mol. The van der Waals surface area contributed by atoms with Crippen LogP contribution in [0.3, 0.4) is 0 Å². The van der Waals surface area contributed by atoms with Crippen LogP contribution in [0.25, 0.3) is 11.0 Å². The minimum Gasteiger partial charge on any atom is -0.497 e. The van der Waals surface area contributed by atoms with E-state index in [4.69, 9.17) is 14.5 Å². The van der Waals surface area contributed by atoms with Gasteiger partial charge in [0.1, 0.15) is 17.3 Å². The molecule has 0 aliphatic rings. The summed E-state index contributed by atoms with van der Waals surface area (Å²) < 4.78 is 13.6. The van der Waals surface area contributed by atoms with Gasteiger partial charge in [-0.25, -0.2) is 4.98 Å². The Morgan fingerprint density at radius 1 is 0.839 bits per heavy atom. The first-order valence-corrected chi connectivity index (χ1v) is 10.9. The fraction of sp³-hybridized carbons (Fsp3) is 0.296. The zero-order valence-electron chi connectivity index (χ0n) is 18.6. The number of methoxy groups -OCH3 is 1. The zero-order valence-corrected chi connectivity index (χ0v) is 18.6. The Morgan fingerprint density at radius 3 is 2.39 bits per heavy atom. The lowest BCUT2D eigenvalue weighted by atomic mass is 10.1. The van der Waals surface area contributed by atoms with Crippen molar-refractivity contribution in [2.24, 2.45) is 0 Å². The summed E-state index contributed by atoms with van der Waals surface area (Å²) >= 11 is 0. The van der Waals surface area contributed by atoms with Gasteiger partial charge in [0, 0.05) is 13.0 Å². The summed E-state index contributed by atoms with van der Waals surface area (Å²) in [6, 6.07) is 22.9. The summed E-state index contributed by atoms with van der Waals surface area (Å²) in [5.74, 6) is 2.93. The summed E-state index contributed by atoms with van der Waals surface area (Å²) in [6.07, 6.45) is 2.85. The largest absolute Gasteiger partial charge is 0.497 e. The molecular weight excluding hydrogens is 384 g/mol. The predicted octanol–water partition coefficient (Wildman–Crippen LogP) is 6.11. The Bertz CT molecular complexity index is 1150. The minimum absolute atomic E-state index is 0.725. The van der Waals surface area contributed by atoms with Gasteiger partial charge in [0.2, 0.25) is 0 Å². The lowest BCUT2D eigenvalue weighted by Crippen LogP contribution is -2.07. The normalized spacial score (nSPS) is 11.1. The molecule has 0 fully saturated rings. The van der Waals surface area contributed by atoms with Gasteiger partial charge in [0.25, 0.3) is 0 Å². The second kappa shape index (κ2) is 9.69. The molecule has 0 radical (unpaired) electrons. The molecule has 0 bridgehead atoms. The number of hydrogen-bond acceptors (Lipinski definition) is 3. The lowest BCUT2D eigenvalue weighted by Gasteiger charge is -2.11. The summed E-state index contributed by atoms with van der Waals surface area (Å²) in [7, 11) is 1.69. The molecule has 1 heterocycles. The van der Waals surface area contributed by atoms with Crippen molar-refractivity contribution in [1.82, 2.24) is 9.55 Å². The third-order valence-corrected chi connectivity index (χ3v) is 5.78. The molecule has 0 amide bonds. The molecule has 0 aliphatic heterocycles. The Labute approximate surface area is 184 Å². The van der Waals surface area contributed by atoms with E-state index in [1.165, 1.54) is 22.2 Å². The molecule has 0 aliphatic carbocycles. The molecule has 3 aromatic carbocycles. The van der Waals surface area contributed by atoms with E-state index in [1.54, 1.807) is 7.11 Å². The van der Waals surface area contributed by atoms with E-state index in [2.05, 4.69) is 66.9 Å². The molecule has 4 nitrogen and oxygen atoms in total. The first-order valence-electron chi connectivity index (χ1n) is 10.9. The molecule has 160 valence electrons. The molecule has 0 unspecified atom stereocenters. The van der Waals surface area contributed by atoms with Crippen LogP contribution in [0, 0.1) is 13.8 Å². The van der Waals surface area contributed by atoms with Gasteiger partial charge < -0.3 is 14.0 Å². The van der Waals surface area contributed by atoms with Gasteiger partial charge in [-0.15, -0.1) is 0 Å². The number of para-hydroxylation sites is 2. The van der Waals surface area contributed by atoms with Crippen molar-refractivity contribution in [1.29, 1.82) is 0 Å². The maximum atomic E-state index is 5.96. The maximum Gasteiger partial charge on any atom is 0.119 e. The predicted molar refractivity (Wildman–Crippen MR) is 126 cm³/mol. The molecule has 0 N–H and O–H groups in total. The highest BCUT2D eigenvalue weighted by Crippen LogP contribution is 2.21. The lowest BCUT2D eigenvalue weighted by molar-refractivity contribution is 0.303. The molecule has 4 heteroatoms. The van der Waals surface area contributed by atoms with Crippen LogP contribution in [0.1, 0.15) is 35.4 Å². The summed E-state index contributed by atoms with van der Waals surface area (Å²) in [5.41, 5.74) is 6.04. The van der Waals surface area contributed by atoms with Crippen LogP contribution in [0.5, 0.6) is 11.5 Å². The van der Waals surface area contributed by atoms with Crippen molar-refractivity contribution in [3.8, 4) is 11.5 Å². The van der Waals surface area contributed by atoms with Crippen LogP contribution < -0.4 is 9.47 Å². The Balaban J connectivity index is 1.41. The van der Waals surface area contributed by atoms with Crippen LogP contribution in [-0.4, -0.2) is 23.3 Å². The van der Waals surface area contributed by atoms with Gasteiger partial charge in [-0.2, -0.15) is 0 Å². The highest BCUT2D eigenvalue weighted by molar-refractivity contribution is 5.76. The SMILES string of the molecule is COc1ccc(Cc2nc3ccccc3n2CCCCOc2ccc(C)c(C)c2)cc1. The standard InChI is InChI=1S/C27H30N2O2/c1-20-10-13-24(18-21(20)2)31-17-7-6-16-29-26-9-5-4-8-25(26)28-27(29)19-22-11-14-23(30-3)15-12-22/h4-5,8-15,18H,6-7,16-17,19H2,1-3H3. The van der Waals surface area contributed by atoms with Gasteiger partial charge in [0.15, 0.2) is 0 Å². The van der Waals surface area contributed by atoms with E-state index in [0.29, 0.717) is 0 Å². The summed E-state index contributed by atoms with van der Waals surface area (Å²) in [5, 5.41) is 0. The molecule has 31 heavy (non-hydrogen) atoms. The van der Waals surface area contributed by atoms with Crippen molar-refractivity contribution < 1.29 is 9.47 Å². The Kier molecular flexibility index (Phi) is 6.56. The number of rotatable bonds is 9. The second-order valence-electron chi connectivity index (χ2n) is 7.99. The third-order valence-electron chi connectivity index (χ3n) is 5.78. The van der Waals surface area contributed by atoms with Crippen molar-refractivity contribution in [2.45, 2.75) is 39.7 Å². The molecule has 1 aromatic heterocycles. The number of aromatic nitrogens is 2. The molecule has 0 saturated carbocycles. The fourth-order valence-electron chi connectivity index (χ4n) is 3.80. The Hall–Kier alpha value is -3.27. The molecule has 0 atom stereocenters. The second-order valence-corrected chi connectivity index (χ2v) is 7.99. The van der Waals surface area contributed by atoms with Crippen molar-refractivity contribution in [2.75, 3.05) is 13.7 Å². The van der Waals surface area contributed by atoms with Crippen molar-refractivity contribution in [3.63, 3.8) is 0 Å². The number of ether oxygens (including phenoxy) is 2. The van der Waals surface area contributed by atoms with Crippen LogP contribution in [-0.2, 0) is 13.0 Å². The maximum absolute atomic E-state index is 5.96. The molecule has 4 rings (SSSR count). The number of nitrogens with zero attached hydrogens (tertiary/aromatic N) is 2. The zero-order chi connectivity index (χ0) is 21.6. The van der Waals surface area contributed by atoms with Gasteiger partial charge >= 0.3 is 0 Å². The van der Waals surface area contributed by atoms with E-state index in [0.717, 1.165) is 55.3 Å². The third kappa shape index (κ3) is 5.08. The van der Waals surface area contributed by atoms with Gasteiger partial charge in [0.05, 0.1) is 24.8 Å².